The zero-order valence-corrected chi connectivity index (χ0v) is 17.5. The first-order valence-electron chi connectivity index (χ1n) is 11.1. The third-order valence-electron chi connectivity index (χ3n) is 6.37. The molecule has 0 radical (unpaired) electrons. The van der Waals surface area contributed by atoms with Crippen LogP contribution in [0.15, 0.2) is 66.7 Å². The summed E-state index contributed by atoms with van der Waals surface area (Å²) in [7, 11) is 0. The first-order chi connectivity index (χ1) is 15.2. The molecule has 0 bridgehead atoms. The molecule has 0 amide bonds. The molecule has 3 aromatic rings. The van der Waals surface area contributed by atoms with Gasteiger partial charge < -0.3 is 10.6 Å². The van der Waals surface area contributed by atoms with Crippen LogP contribution in [0, 0.1) is 0 Å². The molecule has 31 heavy (non-hydrogen) atoms. The van der Waals surface area contributed by atoms with Crippen LogP contribution in [-0.4, -0.2) is 17.6 Å². The summed E-state index contributed by atoms with van der Waals surface area (Å²) in [6.07, 6.45) is 5.87. The monoisotopic (exact) mass is 410 g/mol. The first kappa shape index (κ1) is 19.6. The van der Waals surface area contributed by atoms with E-state index < -0.39 is 0 Å². The summed E-state index contributed by atoms with van der Waals surface area (Å²) in [5, 5.41) is 6.99. The Hall–Kier alpha value is -3.40. The molecule has 1 saturated carbocycles. The van der Waals surface area contributed by atoms with E-state index in [1.54, 1.807) is 12.1 Å². The van der Waals surface area contributed by atoms with Crippen molar-refractivity contribution in [2.24, 2.45) is 0 Å². The Balaban J connectivity index is 1.56. The van der Waals surface area contributed by atoms with Crippen LogP contribution in [0.3, 0.4) is 0 Å². The van der Waals surface area contributed by atoms with Gasteiger partial charge in [-0.25, -0.2) is 0 Å². The van der Waals surface area contributed by atoms with E-state index in [0.717, 1.165) is 24.1 Å². The fraction of sp³-hybridized carbons (Fsp3) is 0.259. The number of carbonyl (C=O) groups is 2. The van der Waals surface area contributed by atoms with E-state index in [-0.39, 0.29) is 11.6 Å². The van der Waals surface area contributed by atoms with Gasteiger partial charge in [0.15, 0.2) is 11.6 Å². The van der Waals surface area contributed by atoms with Crippen molar-refractivity contribution in [1.82, 2.24) is 0 Å². The van der Waals surface area contributed by atoms with Gasteiger partial charge in [0.1, 0.15) is 0 Å². The molecule has 0 heterocycles. The Morgan fingerprint density at radius 2 is 1.26 bits per heavy atom. The van der Waals surface area contributed by atoms with Crippen LogP contribution >= 0.6 is 0 Å². The largest absolute Gasteiger partial charge is 0.382 e. The number of hydrogen-bond donors (Lipinski definition) is 2. The number of hydrogen-bond acceptors (Lipinski definition) is 4. The highest BCUT2D eigenvalue weighted by Gasteiger charge is 2.34. The SMILES string of the molecule is O=C1c2ccccc2C(=O)c2c(NC3CCCCC3)ccc(NCc3ccccc3)c21. The van der Waals surface area contributed by atoms with Gasteiger partial charge in [0, 0.05) is 35.1 Å². The standard InChI is InChI=1S/C27H26N2O2/c30-26-20-13-7-8-14-21(20)27(31)25-23(29-19-11-5-2-6-12-19)16-15-22(24(25)26)28-17-18-9-3-1-4-10-18/h1,3-4,7-10,13-16,19,28-29H,2,5-6,11-12,17H2. The molecule has 0 unspecified atom stereocenters. The molecule has 2 N–H and O–H groups in total. The Labute approximate surface area is 182 Å². The maximum Gasteiger partial charge on any atom is 0.196 e. The lowest BCUT2D eigenvalue weighted by atomic mass is 9.82. The minimum absolute atomic E-state index is 0.0770. The number of fused-ring (bicyclic) bond motifs is 2. The lowest BCUT2D eigenvalue weighted by molar-refractivity contribution is 0.0980. The Bertz CT molecular complexity index is 1130. The number of rotatable bonds is 5. The molecule has 0 aliphatic heterocycles. The van der Waals surface area contributed by atoms with Crippen molar-refractivity contribution in [2.75, 3.05) is 10.6 Å². The summed E-state index contributed by atoms with van der Waals surface area (Å²) in [5.74, 6) is -0.167. The fourth-order valence-corrected chi connectivity index (χ4v) is 4.75. The summed E-state index contributed by atoms with van der Waals surface area (Å²) in [6, 6.07) is 21.4. The minimum Gasteiger partial charge on any atom is -0.382 e. The fourth-order valence-electron chi connectivity index (χ4n) is 4.75. The van der Waals surface area contributed by atoms with Crippen LogP contribution in [-0.2, 0) is 6.54 Å². The number of benzene rings is 3. The zero-order valence-electron chi connectivity index (χ0n) is 17.5. The molecule has 5 rings (SSSR count). The number of ketones is 2. The number of anilines is 2. The van der Waals surface area contributed by atoms with Crippen molar-refractivity contribution in [3.05, 3.63) is 94.5 Å². The second-order valence-electron chi connectivity index (χ2n) is 8.43. The van der Waals surface area contributed by atoms with Crippen molar-refractivity contribution >= 4 is 22.9 Å². The third-order valence-corrected chi connectivity index (χ3v) is 6.37. The van der Waals surface area contributed by atoms with E-state index in [2.05, 4.69) is 10.6 Å². The molecule has 2 aliphatic carbocycles. The zero-order chi connectivity index (χ0) is 21.2. The maximum atomic E-state index is 13.5. The average Bonchev–Trinajstić information content (AvgIpc) is 2.83. The summed E-state index contributed by atoms with van der Waals surface area (Å²) in [4.78, 5) is 27.0. The van der Waals surface area contributed by atoms with Crippen LogP contribution in [0.1, 0.15) is 69.5 Å². The molecule has 0 aromatic heterocycles. The molecular weight excluding hydrogens is 384 g/mol. The molecule has 0 spiro atoms. The van der Waals surface area contributed by atoms with Crippen LogP contribution in [0.5, 0.6) is 0 Å². The van der Waals surface area contributed by atoms with Gasteiger partial charge in [-0.15, -0.1) is 0 Å². The molecular formula is C27H26N2O2. The van der Waals surface area contributed by atoms with Crippen molar-refractivity contribution in [3.8, 4) is 0 Å². The Kier molecular flexibility index (Phi) is 5.29. The lowest BCUT2D eigenvalue weighted by Gasteiger charge is -2.28. The third kappa shape index (κ3) is 3.74. The summed E-state index contributed by atoms with van der Waals surface area (Å²) >= 11 is 0. The molecule has 4 heteroatoms. The van der Waals surface area contributed by atoms with Gasteiger partial charge in [-0.2, -0.15) is 0 Å². The van der Waals surface area contributed by atoms with E-state index in [1.165, 1.54) is 19.3 Å². The molecule has 3 aromatic carbocycles. The van der Waals surface area contributed by atoms with Gasteiger partial charge in [0.25, 0.3) is 0 Å². The van der Waals surface area contributed by atoms with Gasteiger partial charge in [-0.3, -0.25) is 9.59 Å². The topological polar surface area (TPSA) is 58.2 Å². The first-order valence-corrected chi connectivity index (χ1v) is 11.1. The summed E-state index contributed by atoms with van der Waals surface area (Å²) in [6.45, 7) is 0.589. The molecule has 156 valence electrons. The summed E-state index contributed by atoms with van der Waals surface area (Å²) < 4.78 is 0. The molecule has 2 aliphatic rings. The molecule has 1 fully saturated rings. The second kappa shape index (κ2) is 8.38. The van der Waals surface area contributed by atoms with Crippen molar-refractivity contribution in [2.45, 2.75) is 44.7 Å². The highest BCUT2D eigenvalue weighted by molar-refractivity contribution is 6.31. The quantitative estimate of drug-likeness (QED) is 0.435. The highest BCUT2D eigenvalue weighted by atomic mass is 16.1. The van der Waals surface area contributed by atoms with Crippen LogP contribution < -0.4 is 10.6 Å². The van der Waals surface area contributed by atoms with E-state index in [0.29, 0.717) is 40.5 Å². The van der Waals surface area contributed by atoms with Gasteiger partial charge in [0.05, 0.1) is 11.1 Å². The summed E-state index contributed by atoms with van der Waals surface area (Å²) in [5.41, 5.74) is 4.58. The van der Waals surface area contributed by atoms with Crippen LogP contribution in [0.4, 0.5) is 11.4 Å². The molecule has 4 nitrogen and oxygen atoms in total. The van der Waals surface area contributed by atoms with Crippen LogP contribution in [0.25, 0.3) is 0 Å². The van der Waals surface area contributed by atoms with E-state index in [9.17, 15) is 9.59 Å². The Morgan fingerprint density at radius 3 is 1.94 bits per heavy atom. The van der Waals surface area contributed by atoms with Crippen molar-refractivity contribution in [1.29, 1.82) is 0 Å². The van der Waals surface area contributed by atoms with Gasteiger partial charge in [-0.1, -0.05) is 73.9 Å². The molecule has 0 atom stereocenters. The normalized spacial score (nSPS) is 15.9. The molecule has 0 saturated heterocycles. The van der Waals surface area contributed by atoms with E-state index in [1.807, 2.05) is 54.6 Å². The predicted octanol–water partition coefficient (Wildman–Crippen LogP) is 5.82. The Morgan fingerprint density at radius 1 is 0.677 bits per heavy atom. The average molecular weight is 411 g/mol. The van der Waals surface area contributed by atoms with E-state index in [4.69, 9.17) is 0 Å². The smallest absolute Gasteiger partial charge is 0.196 e. The van der Waals surface area contributed by atoms with Crippen molar-refractivity contribution in [3.63, 3.8) is 0 Å². The van der Waals surface area contributed by atoms with E-state index >= 15 is 0 Å². The van der Waals surface area contributed by atoms with Gasteiger partial charge >= 0.3 is 0 Å². The van der Waals surface area contributed by atoms with Crippen molar-refractivity contribution < 1.29 is 9.59 Å². The second-order valence-corrected chi connectivity index (χ2v) is 8.43. The maximum absolute atomic E-state index is 13.5. The van der Waals surface area contributed by atoms with Crippen LogP contribution in [0.2, 0.25) is 0 Å². The van der Waals surface area contributed by atoms with Gasteiger partial charge in [0.2, 0.25) is 0 Å². The predicted molar refractivity (Wildman–Crippen MR) is 124 cm³/mol. The number of carbonyl (C=O) groups excluding carboxylic acids is 2. The minimum atomic E-state index is -0.0898. The number of nitrogens with one attached hydrogen (secondary N) is 2. The van der Waals surface area contributed by atoms with Gasteiger partial charge in [-0.05, 0) is 30.5 Å². The lowest BCUT2D eigenvalue weighted by Crippen LogP contribution is -2.27. The highest BCUT2D eigenvalue weighted by Crippen LogP contribution is 2.37.